The summed E-state index contributed by atoms with van der Waals surface area (Å²) in [7, 11) is 0. The van der Waals surface area contributed by atoms with Crippen LogP contribution in [-0.2, 0) is 6.54 Å². The van der Waals surface area contributed by atoms with Gasteiger partial charge in [0.15, 0.2) is 5.76 Å². The third-order valence-corrected chi connectivity index (χ3v) is 2.75. The first-order chi connectivity index (χ1) is 8.81. The maximum absolute atomic E-state index is 5.94. The molecular weight excluding hydrogens is 250 g/mol. The van der Waals surface area contributed by atoms with E-state index in [1.54, 1.807) is 17.1 Å². The van der Waals surface area contributed by atoms with Gasteiger partial charge in [-0.25, -0.2) is 4.98 Å². The molecule has 18 heavy (non-hydrogen) atoms. The van der Waals surface area contributed by atoms with Crippen molar-refractivity contribution >= 4 is 11.6 Å². The molecule has 0 radical (unpaired) electrons. The molecule has 0 aliphatic heterocycles. The SMILES string of the molecule is Clc1cccc(-c2cnc(Cn3cccn3)o2)c1. The van der Waals surface area contributed by atoms with Gasteiger partial charge >= 0.3 is 0 Å². The first-order valence-corrected chi connectivity index (χ1v) is 5.87. The Hall–Kier alpha value is -2.07. The van der Waals surface area contributed by atoms with Crippen molar-refractivity contribution in [1.29, 1.82) is 0 Å². The molecule has 0 amide bonds. The van der Waals surface area contributed by atoms with Crippen LogP contribution in [0.4, 0.5) is 0 Å². The third kappa shape index (κ3) is 2.28. The lowest BCUT2D eigenvalue weighted by Crippen LogP contribution is -1.99. The normalized spacial score (nSPS) is 10.7. The van der Waals surface area contributed by atoms with Gasteiger partial charge in [-0.15, -0.1) is 0 Å². The first kappa shape index (κ1) is 11.0. The van der Waals surface area contributed by atoms with Crippen LogP contribution in [0.5, 0.6) is 0 Å². The lowest BCUT2D eigenvalue weighted by Gasteiger charge is -1.97. The van der Waals surface area contributed by atoms with E-state index in [2.05, 4.69) is 10.1 Å². The summed E-state index contributed by atoms with van der Waals surface area (Å²) < 4.78 is 7.42. The Kier molecular flexibility index (Phi) is 2.86. The summed E-state index contributed by atoms with van der Waals surface area (Å²) in [5, 5.41) is 4.78. The highest BCUT2D eigenvalue weighted by Gasteiger charge is 2.07. The van der Waals surface area contributed by atoms with Crippen LogP contribution in [0.25, 0.3) is 11.3 Å². The van der Waals surface area contributed by atoms with E-state index in [9.17, 15) is 0 Å². The topological polar surface area (TPSA) is 43.9 Å². The van der Waals surface area contributed by atoms with E-state index in [1.165, 1.54) is 0 Å². The van der Waals surface area contributed by atoms with Crippen molar-refractivity contribution in [2.45, 2.75) is 6.54 Å². The summed E-state index contributed by atoms with van der Waals surface area (Å²) in [6, 6.07) is 9.35. The molecule has 5 heteroatoms. The Balaban J connectivity index is 1.85. The fourth-order valence-corrected chi connectivity index (χ4v) is 1.88. The predicted octanol–water partition coefficient (Wildman–Crippen LogP) is 3.24. The van der Waals surface area contributed by atoms with E-state index in [0.29, 0.717) is 23.2 Å². The molecule has 0 aliphatic carbocycles. The molecule has 1 aromatic carbocycles. The van der Waals surface area contributed by atoms with Gasteiger partial charge in [-0.05, 0) is 18.2 Å². The van der Waals surface area contributed by atoms with E-state index in [4.69, 9.17) is 16.0 Å². The summed E-state index contributed by atoms with van der Waals surface area (Å²) in [6.45, 7) is 0.521. The average molecular weight is 260 g/mol. The second-order valence-electron chi connectivity index (χ2n) is 3.83. The number of oxazole rings is 1. The molecule has 0 saturated heterocycles. The molecule has 90 valence electrons. The van der Waals surface area contributed by atoms with Crippen molar-refractivity contribution in [2.24, 2.45) is 0 Å². The first-order valence-electron chi connectivity index (χ1n) is 5.49. The molecule has 3 rings (SSSR count). The third-order valence-electron chi connectivity index (χ3n) is 2.52. The zero-order valence-electron chi connectivity index (χ0n) is 9.45. The summed E-state index contributed by atoms with van der Waals surface area (Å²) >= 11 is 5.94. The summed E-state index contributed by atoms with van der Waals surface area (Å²) in [6.07, 6.45) is 5.29. The van der Waals surface area contributed by atoms with Gasteiger partial charge in [-0.2, -0.15) is 5.10 Å². The van der Waals surface area contributed by atoms with Gasteiger partial charge in [0.05, 0.1) is 6.20 Å². The molecule has 2 heterocycles. The number of halogens is 1. The zero-order valence-corrected chi connectivity index (χ0v) is 10.2. The fraction of sp³-hybridized carbons (Fsp3) is 0.0769. The summed E-state index contributed by atoms with van der Waals surface area (Å²) in [5.41, 5.74) is 0.918. The van der Waals surface area contributed by atoms with E-state index in [1.807, 2.05) is 36.5 Å². The number of aromatic nitrogens is 3. The highest BCUT2D eigenvalue weighted by molar-refractivity contribution is 6.30. The minimum atomic E-state index is 0.521. The Morgan fingerprint density at radius 2 is 2.22 bits per heavy atom. The van der Waals surface area contributed by atoms with Gasteiger partial charge in [0, 0.05) is 23.0 Å². The Bertz CT molecular complexity index is 646. The number of benzene rings is 1. The van der Waals surface area contributed by atoms with Crippen LogP contribution < -0.4 is 0 Å². The van der Waals surface area contributed by atoms with Crippen LogP contribution in [0.2, 0.25) is 5.02 Å². The molecular formula is C13H10ClN3O. The number of hydrogen-bond donors (Lipinski definition) is 0. The molecule has 0 unspecified atom stereocenters. The lowest BCUT2D eigenvalue weighted by molar-refractivity contribution is 0.474. The van der Waals surface area contributed by atoms with Crippen molar-refractivity contribution in [3.8, 4) is 11.3 Å². The van der Waals surface area contributed by atoms with Crippen molar-refractivity contribution in [3.63, 3.8) is 0 Å². The molecule has 0 spiro atoms. The molecule has 2 aromatic heterocycles. The van der Waals surface area contributed by atoms with E-state index in [-0.39, 0.29) is 0 Å². The highest BCUT2D eigenvalue weighted by Crippen LogP contribution is 2.23. The summed E-state index contributed by atoms with van der Waals surface area (Å²) in [4.78, 5) is 4.23. The standard InChI is InChI=1S/C13H10ClN3O/c14-11-4-1-3-10(7-11)12-8-15-13(18-12)9-17-6-2-5-16-17/h1-8H,9H2. The van der Waals surface area contributed by atoms with Crippen molar-refractivity contribution < 1.29 is 4.42 Å². The lowest BCUT2D eigenvalue weighted by atomic mass is 10.2. The predicted molar refractivity (Wildman–Crippen MR) is 68.3 cm³/mol. The van der Waals surface area contributed by atoms with Crippen LogP contribution in [-0.4, -0.2) is 14.8 Å². The average Bonchev–Trinajstić information content (AvgIpc) is 3.01. The van der Waals surface area contributed by atoms with Crippen LogP contribution in [0.3, 0.4) is 0 Å². The van der Waals surface area contributed by atoms with Crippen LogP contribution in [0.15, 0.2) is 53.3 Å². The van der Waals surface area contributed by atoms with E-state index < -0.39 is 0 Å². The molecule has 0 aliphatic rings. The minimum Gasteiger partial charge on any atom is -0.439 e. The fourth-order valence-electron chi connectivity index (χ4n) is 1.69. The van der Waals surface area contributed by atoms with Crippen molar-refractivity contribution in [3.05, 3.63) is 59.8 Å². The Labute approximate surface area is 109 Å². The zero-order chi connectivity index (χ0) is 12.4. The molecule has 0 saturated carbocycles. The van der Waals surface area contributed by atoms with Crippen molar-refractivity contribution in [1.82, 2.24) is 14.8 Å². The maximum atomic E-state index is 5.94. The van der Waals surface area contributed by atoms with Crippen LogP contribution >= 0.6 is 11.6 Å². The smallest absolute Gasteiger partial charge is 0.216 e. The summed E-state index contributed by atoms with van der Waals surface area (Å²) in [5.74, 6) is 1.33. The molecule has 0 bridgehead atoms. The largest absolute Gasteiger partial charge is 0.439 e. The van der Waals surface area contributed by atoms with Gasteiger partial charge in [0.25, 0.3) is 0 Å². The molecule has 3 aromatic rings. The monoisotopic (exact) mass is 259 g/mol. The van der Waals surface area contributed by atoms with Gasteiger partial charge in [0.1, 0.15) is 6.54 Å². The molecule has 0 fully saturated rings. The van der Waals surface area contributed by atoms with E-state index >= 15 is 0 Å². The van der Waals surface area contributed by atoms with Crippen LogP contribution in [0.1, 0.15) is 5.89 Å². The number of rotatable bonds is 3. The minimum absolute atomic E-state index is 0.521. The van der Waals surface area contributed by atoms with Gasteiger partial charge in [-0.1, -0.05) is 23.7 Å². The second kappa shape index (κ2) is 4.66. The quantitative estimate of drug-likeness (QED) is 0.725. The van der Waals surface area contributed by atoms with E-state index in [0.717, 1.165) is 5.56 Å². The van der Waals surface area contributed by atoms with Gasteiger partial charge in [-0.3, -0.25) is 4.68 Å². The van der Waals surface area contributed by atoms with Gasteiger partial charge < -0.3 is 4.42 Å². The van der Waals surface area contributed by atoms with Crippen LogP contribution in [0, 0.1) is 0 Å². The molecule has 0 atom stereocenters. The highest BCUT2D eigenvalue weighted by atomic mass is 35.5. The maximum Gasteiger partial charge on any atom is 0.216 e. The Morgan fingerprint density at radius 3 is 3.00 bits per heavy atom. The number of nitrogens with zero attached hydrogens (tertiary/aromatic N) is 3. The molecule has 0 N–H and O–H groups in total. The molecule has 4 nitrogen and oxygen atoms in total. The van der Waals surface area contributed by atoms with Crippen molar-refractivity contribution in [2.75, 3.05) is 0 Å². The van der Waals surface area contributed by atoms with Gasteiger partial charge in [0.2, 0.25) is 5.89 Å². The Morgan fingerprint density at radius 1 is 1.28 bits per heavy atom. The number of hydrogen-bond acceptors (Lipinski definition) is 3. The second-order valence-corrected chi connectivity index (χ2v) is 4.27.